The van der Waals surface area contributed by atoms with Gasteiger partial charge < -0.3 is 29.3 Å². The number of nitrogens with one attached hydrogen (secondary N) is 1. The summed E-state index contributed by atoms with van der Waals surface area (Å²) in [7, 11) is 0. The summed E-state index contributed by atoms with van der Waals surface area (Å²) in [6.07, 6.45) is 1.28. The molecule has 1 saturated heterocycles. The van der Waals surface area contributed by atoms with E-state index >= 15 is 0 Å². The van der Waals surface area contributed by atoms with Crippen LogP contribution in [-0.4, -0.2) is 65.8 Å². The minimum Gasteiger partial charge on any atom is -0.454 e. The highest BCUT2D eigenvalue weighted by molar-refractivity contribution is 5.68. The normalized spacial score (nSPS) is 15.6. The molecule has 2 aromatic rings. The second kappa shape index (κ2) is 7.52. The maximum Gasteiger partial charge on any atom is 0.409 e. The summed E-state index contributed by atoms with van der Waals surface area (Å²) in [4.78, 5) is 20.0. The van der Waals surface area contributed by atoms with Gasteiger partial charge >= 0.3 is 6.09 Å². The van der Waals surface area contributed by atoms with E-state index < -0.39 is 0 Å². The number of ether oxygens (including phenoxy) is 3. The molecule has 2 aliphatic rings. The number of rotatable bonds is 4. The molecule has 0 spiro atoms. The molecule has 0 bridgehead atoms. The van der Waals surface area contributed by atoms with Gasteiger partial charge in [-0.2, -0.15) is 10.1 Å². The summed E-state index contributed by atoms with van der Waals surface area (Å²) in [6.45, 7) is 4.76. The fraction of sp³-hybridized carbons (Fsp3) is 0.412. The number of carbonyl (C=O) groups excluding carboxylic acids is 1. The highest BCUT2D eigenvalue weighted by Gasteiger charge is 2.23. The third-order valence-corrected chi connectivity index (χ3v) is 4.28. The second-order valence-corrected chi connectivity index (χ2v) is 6.01. The number of hydrogen-bond acceptors (Lipinski definition) is 9. The molecule has 10 nitrogen and oxygen atoms in total. The van der Waals surface area contributed by atoms with E-state index in [0.717, 1.165) is 11.4 Å². The Labute approximate surface area is 156 Å². The quantitative estimate of drug-likeness (QED) is 0.857. The van der Waals surface area contributed by atoms with Crippen LogP contribution in [0, 0.1) is 0 Å². The lowest BCUT2D eigenvalue weighted by atomic mass is 10.3. The summed E-state index contributed by atoms with van der Waals surface area (Å²) in [5.41, 5.74) is 0.817. The number of piperazine rings is 1. The molecule has 0 saturated carbocycles. The first kappa shape index (κ1) is 17.1. The van der Waals surface area contributed by atoms with Crippen molar-refractivity contribution in [1.82, 2.24) is 20.1 Å². The Balaban J connectivity index is 1.40. The van der Waals surface area contributed by atoms with Gasteiger partial charge in [0.25, 0.3) is 0 Å². The Morgan fingerprint density at radius 1 is 1.22 bits per heavy atom. The molecule has 3 heterocycles. The summed E-state index contributed by atoms with van der Waals surface area (Å²) >= 11 is 0. The number of amides is 1. The van der Waals surface area contributed by atoms with E-state index in [1.807, 2.05) is 23.1 Å². The van der Waals surface area contributed by atoms with Gasteiger partial charge in [0.1, 0.15) is 0 Å². The van der Waals surface area contributed by atoms with E-state index in [1.165, 1.54) is 0 Å². The summed E-state index contributed by atoms with van der Waals surface area (Å²) in [5, 5.41) is 11.3. The number of anilines is 3. The first-order valence-electron chi connectivity index (χ1n) is 8.76. The molecule has 0 atom stereocenters. The number of hydrogen-bond donors (Lipinski definition) is 1. The third-order valence-electron chi connectivity index (χ3n) is 4.28. The Hall–Kier alpha value is -3.30. The van der Waals surface area contributed by atoms with Crippen LogP contribution < -0.4 is 19.7 Å². The molecule has 1 amide bonds. The zero-order valence-electron chi connectivity index (χ0n) is 14.9. The highest BCUT2D eigenvalue weighted by atomic mass is 16.7. The SMILES string of the molecule is CCOC(=O)N1CCN(c2nncc(Nc3ccc4c(c3)OCO4)n2)CC1. The average molecular weight is 372 g/mol. The van der Waals surface area contributed by atoms with Crippen LogP contribution in [-0.2, 0) is 4.74 Å². The molecule has 1 aromatic carbocycles. The van der Waals surface area contributed by atoms with Crippen molar-refractivity contribution < 1.29 is 19.0 Å². The van der Waals surface area contributed by atoms with Crippen LogP contribution in [0.25, 0.3) is 0 Å². The third kappa shape index (κ3) is 3.78. The molecule has 2 aliphatic heterocycles. The number of aromatic nitrogens is 3. The van der Waals surface area contributed by atoms with Crippen LogP contribution >= 0.6 is 0 Å². The summed E-state index contributed by atoms with van der Waals surface area (Å²) < 4.78 is 15.7. The van der Waals surface area contributed by atoms with Crippen LogP contribution in [0.15, 0.2) is 24.4 Å². The molecule has 27 heavy (non-hydrogen) atoms. The van der Waals surface area contributed by atoms with E-state index in [1.54, 1.807) is 18.0 Å². The molecule has 1 aromatic heterocycles. The monoisotopic (exact) mass is 372 g/mol. The smallest absolute Gasteiger partial charge is 0.409 e. The number of benzene rings is 1. The van der Waals surface area contributed by atoms with Gasteiger partial charge in [0.05, 0.1) is 12.8 Å². The van der Waals surface area contributed by atoms with Crippen molar-refractivity contribution in [3.05, 3.63) is 24.4 Å². The average Bonchev–Trinajstić information content (AvgIpc) is 3.16. The van der Waals surface area contributed by atoms with Gasteiger partial charge in [-0.25, -0.2) is 4.79 Å². The lowest BCUT2D eigenvalue weighted by Crippen LogP contribution is -2.49. The van der Waals surface area contributed by atoms with E-state index in [2.05, 4.69) is 20.5 Å². The molecule has 1 fully saturated rings. The van der Waals surface area contributed by atoms with Crippen molar-refractivity contribution in [3.63, 3.8) is 0 Å². The van der Waals surface area contributed by atoms with Crippen molar-refractivity contribution in [3.8, 4) is 11.5 Å². The van der Waals surface area contributed by atoms with E-state index in [-0.39, 0.29) is 12.9 Å². The van der Waals surface area contributed by atoms with Crippen molar-refractivity contribution in [2.24, 2.45) is 0 Å². The Kier molecular flexibility index (Phi) is 4.77. The maximum atomic E-state index is 11.8. The summed E-state index contributed by atoms with van der Waals surface area (Å²) in [5.74, 6) is 2.51. The van der Waals surface area contributed by atoms with Gasteiger partial charge in [-0.15, -0.1) is 5.10 Å². The minimum atomic E-state index is -0.283. The predicted molar refractivity (Wildman–Crippen MR) is 96.5 cm³/mol. The van der Waals surface area contributed by atoms with Crippen molar-refractivity contribution >= 4 is 23.5 Å². The fourth-order valence-corrected chi connectivity index (χ4v) is 2.91. The Morgan fingerprint density at radius 2 is 2.04 bits per heavy atom. The topological polar surface area (TPSA) is 102 Å². The second-order valence-electron chi connectivity index (χ2n) is 6.01. The van der Waals surface area contributed by atoms with Crippen molar-refractivity contribution in [2.75, 3.05) is 49.8 Å². The molecule has 0 aliphatic carbocycles. The van der Waals surface area contributed by atoms with Crippen LogP contribution in [0.3, 0.4) is 0 Å². The van der Waals surface area contributed by atoms with E-state index in [9.17, 15) is 4.79 Å². The maximum absolute atomic E-state index is 11.8. The van der Waals surface area contributed by atoms with E-state index in [4.69, 9.17) is 14.2 Å². The fourth-order valence-electron chi connectivity index (χ4n) is 2.91. The lowest BCUT2D eigenvalue weighted by molar-refractivity contribution is 0.105. The molecule has 10 heteroatoms. The number of fused-ring (bicyclic) bond motifs is 1. The molecular weight excluding hydrogens is 352 g/mol. The largest absolute Gasteiger partial charge is 0.454 e. The minimum absolute atomic E-state index is 0.232. The first-order valence-corrected chi connectivity index (χ1v) is 8.76. The van der Waals surface area contributed by atoms with Crippen LogP contribution in [0.4, 0.5) is 22.2 Å². The Morgan fingerprint density at radius 3 is 2.85 bits per heavy atom. The molecule has 0 radical (unpaired) electrons. The standard InChI is InChI=1S/C17H20N6O4/c1-2-25-17(24)23-7-5-22(6-8-23)16-20-15(10-18-21-16)19-12-3-4-13-14(9-12)27-11-26-13/h3-4,9-10H,2,5-8,11H2,1H3,(H,19,20,21). The number of carbonyl (C=O) groups is 1. The van der Waals surface area contributed by atoms with Crippen LogP contribution in [0.5, 0.6) is 11.5 Å². The molecule has 0 unspecified atom stereocenters. The Bertz CT molecular complexity index is 825. The summed E-state index contributed by atoms with van der Waals surface area (Å²) in [6, 6.07) is 5.57. The van der Waals surface area contributed by atoms with Gasteiger partial charge in [-0.3, -0.25) is 0 Å². The van der Waals surface area contributed by atoms with Crippen LogP contribution in [0.1, 0.15) is 6.92 Å². The van der Waals surface area contributed by atoms with E-state index in [0.29, 0.717) is 50.3 Å². The van der Waals surface area contributed by atoms with Crippen molar-refractivity contribution in [2.45, 2.75) is 6.92 Å². The van der Waals surface area contributed by atoms with Crippen molar-refractivity contribution in [1.29, 1.82) is 0 Å². The number of nitrogens with zero attached hydrogens (tertiary/aromatic N) is 5. The lowest BCUT2D eigenvalue weighted by Gasteiger charge is -2.33. The van der Waals surface area contributed by atoms with Gasteiger partial charge in [0.2, 0.25) is 12.7 Å². The zero-order chi connectivity index (χ0) is 18.6. The molecular formula is C17H20N6O4. The van der Waals surface area contributed by atoms with Gasteiger partial charge in [-0.1, -0.05) is 0 Å². The molecule has 4 rings (SSSR count). The highest BCUT2D eigenvalue weighted by Crippen LogP contribution is 2.34. The van der Waals surface area contributed by atoms with Gasteiger partial charge in [0.15, 0.2) is 17.3 Å². The van der Waals surface area contributed by atoms with Crippen LogP contribution in [0.2, 0.25) is 0 Å². The van der Waals surface area contributed by atoms with Gasteiger partial charge in [0, 0.05) is 37.9 Å². The molecule has 1 N–H and O–H groups in total. The molecule has 142 valence electrons. The first-order chi connectivity index (χ1) is 13.2. The van der Waals surface area contributed by atoms with Gasteiger partial charge in [-0.05, 0) is 19.1 Å². The zero-order valence-corrected chi connectivity index (χ0v) is 14.9. The predicted octanol–water partition coefficient (Wildman–Crippen LogP) is 1.62.